The molecule has 5 fully saturated rings. The number of aliphatic carboxylic acids is 1. The molecule has 1 heterocycles. The monoisotopic (exact) mass is 526 g/mol. The van der Waals surface area contributed by atoms with Gasteiger partial charge in [-0.3, -0.25) is 4.79 Å². The SMILES string of the molecule is C[C@]12CC[C@@H](O[C@@H]3O[C@H](C(=O)O)[C@@H](O)[C@@H](O)[C@H]3O)C[C@H]1CC[C@H]1[C@@H]3CC[C@H]([C@H](O)CO)[C@@]3(C)CC(=O)[C@@H]12. The van der Waals surface area contributed by atoms with Crippen molar-refractivity contribution in [2.24, 2.45) is 40.4 Å². The minimum absolute atomic E-state index is 0.0554. The molecule has 0 bridgehead atoms. The maximum absolute atomic E-state index is 13.8. The molecule has 10 heteroatoms. The van der Waals surface area contributed by atoms with Crippen molar-refractivity contribution in [3.05, 3.63) is 0 Å². The number of ether oxygens (including phenoxy) is 2. The van der Waals surface area contributed by atoms with E-state index in [0.29, 0.717) is 25.2 Å². The Labute approximate surface area is 217 Å². The first-order chi connectivity index (χ1) is 17.4. The lowest BCUT2D eigenvalue weighted by Crippen LogP contribution is -2.61. The fourth-order valence-electron chi connectivity index (χ4n) is 9.31. The molecular weight excluding hydrogens is 484 g/mol. The highest BCUT2D eigenvalue weighted by Gasteiger charge is 2.64. The third-order valence-electron chi connectivity index (χ3n) is 11.2. The largest absolute Gasteiger partial charge is 0.479 e. The van der Waals surface area contributed by atoms with Gasteiger partial charge in [-0.1, -0.05) is 13.8 Å². The van der Waals surface area contributed by atoms with Crippen LogP contribution in [-0.4, -0.2) is 91.9 Å². The molecule has 210 valence electrons. The number of fused-ring (bicyclic) bond motifs is 5. The van der Waals surface area contributed by atoms with E-state index < -0.39 is 42.8 Å². The van der Waals surface area contributed by atoms with Gasteiger partial charge in [0.1, 0.15) is 24.1 Å². The lowest BCUT2D eigenvalue weighted by atomic mass is 9.44. The molecule has 5 aliphatic rings. The molecule has 0 radical (unpaired) electrons. The molecule has 5 rings (SSSR count). The van der Waals surface area contributed by atoms with Crippen LogP contribution in [-0.2, 0) is 19.1 Å². The highest BCUT2D eigenvalue weighted by molar-refractivity contribution is 5.84. The quantitative estimate of drug-likeness (QED) is 0.276. The molecule has 0 unspecified atom stereocenters. The van der Waals surface area contributed by atoms with Crippen LogP contribution in [0.2, 0.25) is 0 Å². The summed E-state index contributed by atoms with van der Waals surface area (Å²) in [6.07, 6.45) is -3.13. The molecule has 1 saturated heterocycles. The summed E-state index contributed by atoms with van der Waals surface area (Å²) in [6, 6.07) is 0. The summed E-state index contributed by atoms with van der Waals surface area (Å²) in [5.41, 5.74) is -0.481. The second kappa shape index (κ2) is 9.80. The van der Waals surface area contributed by atoms with E-state index in [1.54, 1.807) is 0 Å². The molecule has 0 amide bonds. The third kappa shape index (κ3) is 4.27. The molecule has 37 heavy (non-hydrogen) atoms. The molecule has 10 nitrogen and oxygen atoms in total. The molecular formula is C27H42O10. The highest BCUT2D eigenvalue weighted by atomic mass is 16.7. The van der Waals surface area contributed by atoms with Crippen LogP contribution in [0, 0.1) is 40.4 Å². The molecule has 0 spiro atoms. The zero-order chi connectivity index (χ0) is 26.9. The van der Waals surface area contributed by atoms with Gasteiger partial charge in [-0.15, -0.1) is 0 Å². The maximum Gasteiger partial charge on any atom is 0.335 e. The number of aliphatic hydroxyl groups is 5. The second-order valence-corrected chi connectivity index (χ2v) is 12.9. The van der Waals surface area contributed by atoms with Crippen LogP contribution in [0.25, 0.3) is 0 Å². The van der Waals surface area contributed by atoms with Crippen molar-refractivity contribution in [1.82, 2.24) is 0 Å². The van der Waals surface area contributed by atoms with Crippen molar-refractivity contribution >= 4 is 11.8 Å². The van der Waals surface area contributed by atoms with E-state index in [2.05, 4.69) is 13.8 Å². The molecule has 1 aliphatic heterocycles. The van der Waals surface area contributed by atoms with E-state index in [1.165, 1.54) is 0 Å². The Bertz CT molecular complexity index is 896. The van der Waals surface area contributed by atoms with Crippen LogP contribution in [0.5, 0.6) is 0 Å². The molecule has 0 aromatic heterocycles. The molecule has 4 aliphatic carbocycles. The fraction of sp³-hybridized carbons (Fsp3) is 0.926. The number of hydrogen-bond donors (Lipinski definition) is 6. The van der Waals surface area contributed by atoms with Gasteiger partial charge < -0.3 is 40.1 Å². The lowest BCUT2D eigenvalue weighted by molar-refractivity contribution is -0.309. The summed E-state index contributed by atoms with van der Waals surface area (Å²) in [4.78, 5) is 25.2. The number of rotatable bonds is 5. The van der Waals surface area contributed by atoms with Crippen LogP contribution in [0.15, 0.2) is 0 Å². The Morgan fingerprint density at radius 1 is 1.05 bits per heavy atom. The van der Waals surface area contributed by atoms with E-state index in [1.807, 2.05) is 0 Å². The Kier molecular flexibility index (Phi) is 7.26. The summed E-state index contributed by atoms with van der Waals surface area (Å²) in [5, 5.41) is 59.8. The summed E-state index contributed by atoms with van der Waals surface area (Å²) in [7, 11) is 0. The highest BCUT2D eigenvalue weighted by Crippen LogP contribution is 2.67. The molecule has 0 aromatic carbocycles. The van der Waals surface area contributed by atoms with E-state index in [0.717, 1.165) is 32.1 Å². The van der Waals surface area contributed by atoms with Gasteiger partial charge >= 0.3 is 5.97 Å². The van der Waals surface area contributed by atoms with Crippen molar-refractivity contribution < 1.29 is 49.7 Å². The van der Waals surface area contributed by atoms with Gasteiger partial charge in [0.2, 0.25) is 0 Å². The number of aliphatic hydroxyl groups excluding tert-OH is 5. The smallest absolute Gasteiger partial charge is 0.335 e. The lowest BCUT2D eigenvalue weighted by Gasteiger charge is -2.60. The number of carboxylic acids is 1. The van der Waals surface area contributed by atoms with Crippen molar-refractivity contribution in [3.63, 3.8) is 0 Å². The number of carbonyl (C=O) groups is 2. The van der Waals surface area contributed by atoms with Crippen molar-refractivity contribution in [3.8, 4) is 0 Å². The predicted octanol–water partition coefficient (Wildman–Crippen LogP) is 0.455. The van der Waals surface area contributed by atoms with Crippen LogP contribution < -0.4 is 0 Å². The Balaban J connectivity index is 1.29. The number of hydrogen-bond acceptors (Lipinski definition) is 9. The van der Waals surface area contributed by atoms with E-state index >= 15 is 0 Å². The minimum atomic E-state index is -1.76. The molecule has 0 aromatic rings. The first-order valence-corrected chi connectivity index (χ1v) is 13.8. The van der Waals surface area contributed by atoms with Gasteiger partial charge in [-0.05, 0) is 79.4 Å². The number of Topliss-reactive ketones (excluding diaryl/α,β-unsaturated/α-hetero) is 1. The van der Waals surface area contributed by atoms with Crippen LogP contribution >= 0.6 is 0 Å². The topological polar surface area (TPSA) is 174 Å². The Morgan fingerprint density at radius 3 is 2.46 bits per heavy atom. The zero-order valence-corrected chi connectivity index (χ0v) is 21.6. The second-order valence-electron chi connectivity index (χ2n) is 12.9. The van der Waals surface area contributed by atoms with Crippen LogP contribution in [0.4, 0.5) is 0 Å². The standard InChI is InChI=1S/C27H42O10/c1-26-8-7-13(36-25-22(33)20(31)21(32)23(37-25)24(34)35)9-12(26)3-4-14-15-5-6-16(18(30)11-28)27(15,2)10-17(29)19(14)26/h12-16,18-23,25,28,30-33H,3-11H2,1-2H3,(H,34,35)/t12-,13-,14+,15+,16-,18-,19-,20-,21+,22-,23+,25-,26+,27+/m1/s1. The van der Waals surface area contributed by atoms with Gasteiger partial charge in [0, 0.05) is 12.3 Å². The van der Waals surface area contributed by atoms with Gasteiger partial charge in [0.25, 0.3) is 0 Å². The van der Waals surface area contributed by atoms with Crippen LogP contribution in [0.1, 0.15) is 65.2 Å². The van der Waals surface area contributed by atoms with Gasteiger partial charge in [-0.2, -0.15) is 0 Å². The van der Waals surface area contributed by atoms with Crippen molar-refractivity contribution in [2.45, 2.75) is 108 Å². The summed E-state index contributed by atoms with van der Waals surface area (Å²) >= 11 is 0. The molecule has 4 saturated carbocycles. The zero-order valence-electron chi connectivity index (χ0n) is 21.6. The Morgan fingerprint density at radius 2 is 1.78 bits per heavy atom. The fourth-order valence-corrected chi connectivity index (χ4v) is 9.31. The van der Waals surface area contributed by atoms with Gasteiger partial charge in [0.05, 0.1) is 18.8 Å². The van der Waals surface area contributed by atoms with Gasteiger partial charge in [-0.25, -0.2) is 4.79 Å². The Hall–Kier alpha value is -1.14. The summed E-state index contributed by atoms with van der Waals surface area (Å²) in [5.74, 6) is -0.470. The van der Waals surface area contributed by atoms with E-state index in [4.69, 9.17) is 9.47 Å². The van der Waals surface area contributed by atoms with Crippen molar-refractivity contribution in [1.29, 1.82) is 0 Å². The number of carbonyl (C=O) groups excluding carboxylic acids is 1. The van der Waals surface area contributed by atoms with Crippen LogP contribution in [0.3, 0.4) is 0 Å². The minimum Gasteiger partial charge on any atom is -0.479 e. The average molecular weight is 527 g/mol. The summed E-state index contributed by atoms with van der Waals surface area (Å²) < 4.78 is 11.3. The molecule has 14 atom stereocenters. The normalized spacial score (nSPS) is 52.6. The number of carboxylic acid groups (broad SMARTS) is 1. The maximum atomic E-state index is 13.8. The van der Waals surface area contributed by atoms with E-state index in [-0.39, 0.29) is 53.0 Å². The van der Waals surface area contributed by atoms with E-state index in [9.17, 15) is 40.2 Å². The summed E-state index contributed by atoms with van der Waals surface area (Å²) in [6.45, 7) is 4.07. The third-order valence-corrected chi connectivity index (χ3v) is 11.2. The van der Waals surface area contributed by atoms with Gasteiger partial charge in [0.15, 0.2) is 12.4 Å². The van der Waals surface area contributed by atoms with Crippen molar-refractivity contribution in [2.75, 3.05) is 6.61 Å². The first-order valence-electron chi connectivity index (χ1n) is 13.8. The number of ketones is 1. The predicted molar refractivity (Wildman–Crippen MR) is 128 cm³/mol. The first kappa shape index (κ1) is 27.4. The average Bonchev–Trinajstić information content (AvgIpc) is 3.19. The molecule has 6 N–H and O–H groups in total.